The fourth-order valence-electron chi connectivity index (χ4n) is 3.41. The molecule has 0 aliphatic carbocycles. The van der Waals surface area contributed by atoms with Crippen LogP contribution in [0.15, 0.2) is 73.6 Å². The van der Waals surface area contributed by atoms with Crippen molar-refractivity contribution in [1.29, 1.82) is 0 Å². The maximum atomic E-state index is 13.2. The molecule has 0 spiro atoms. The van der Waals surface area contributed by atoms with Crippen molar-refractivity contribution < 1.29 is 9.21 Å². The molecule has 1 aromatic carbocycles. The van der Waals surface area contributed by atoms with Gasteiger partial charge < -0.3 is 4.42 Å². The van der Waals surface area contributed by atoms with E-state index in [0.717, 1.165) is 15.5 Å². The van der Waals surface area contributed by atoms with Crippen LogP contribution in [0.3, 0.4) is 0 Å². The van der Waals surface area contributed by atoms with Gasteiger partial charge in [0.15, 0.2) is 5.58 Å². The van der Waals surface area contributed by atoms with Gasteiger partial charge in [-0.3, -0.25) is 9.36 Å². The summed E-state index contributed by atoms with van der Waals surface area (Å²) in [4.78, 5) is 27.5. The number of thiophene rings is 2. The summed E-state index contributed by atoms with van der Waals surface area (Å²) in [5, 5.41) is 10.1. The van der Waals surface area contributed by atoms with Crippen LogP contribution in [-0.4, -0.2) is 21.2 Å². The molecule has 1 atom stereocenters. The van der Waals surface area contributed by atoms with Gasteiger partial charge >= 0.3 is 5.76 Å². The molecule has 6 nitrogen and oxygen atoms in total. The molecule has 140 valence electrons. The molecule has 0 N–H and O–H groups in total. The third-order valence-electron chi connectivity index (χ3n) is 4.71. The van der Waals surface area contributed by atoms with E-state index >= 15 is 0 Å². The zero-order valence-corrected chi connectivity index (χ0v) is 16.3. The van der Waals surface area contributed by atoms with Crippen molar-refractivity contribution in [2.45, 2.75) is 19.0 Å². The molecule has 0 radical (unpaired) electrons. The summed E-state index contributed by atoms with van der Waals surface area (Å²) in [7, 11) is 0. The predicted molar refractivity (Wildman–Crippen MR) is 110 cm³/mol. The summed E-state index contributed by atoms with van der Waals surface area (Å²) in [6.07, 6.45) is 0.661. The molecule has 4 heterocycles. The van der Waals surface area contributed by atoms with Crippen LogP contribution in [0.4, 0.5) is 0 Å². The van der Waals surface area contributed by atoms with Gasteiger partial charge in [-0.15, -0.1) is 22.7 Å². The highest BCUT2D eigenvalue weighted by Gasteiger charge is 2.34. The lowest BCUT2D eigenvalue weighted by molar-refractivity contribution is -0.133. The number of hydrazone groups is 1. The van der Waals surface area contributed by atoms with Gasteiger partial charge in [0.05, 0.1) is 22.1 Å². The van der Waals surface area contributed by atoms with E-state index in [9.17, 15) is 9.59 Å². The lowest BCUT2D eigenvalue weighted by atomic mass is 10.1. The monoisotopic (exact) mass is 409 g/mol. The molecule has 8 heteroatoms. The molecular weight excluding hydrogens is 394 g/mol. The smallest absolute Gasteiger partial charge is 0.408 e. The summed E-state index contributed by atoms with van der Waals surface area (Å²) in [6.45, 7) is -0.112. The van der Waals surface area contributed by atoms with Crippen molar-refractivity contribution >= 4 is 45.4 Å². The highest BCUT2D eigenvalue weighted by molar-refractivity contribution is 7.12. The Balaban J connectivity index is 1.50. The van der Waals surface area contributed by atoms with E-state index in [0.29, 0.717) is 17.5 Å². The zero-order valence-electron chi connectivity index (χ0n) is 14.6. The quantitative estimate of drug-likeness (QED) is 0.510. The highest BCUT2D eigenvalue weighted by atomic mass is 32.1. The van der Waals surface area contributed by atoms with Crippen LogP contribution < -0.4 is 5.76 Å². The number of rotatable bonds is 4. The normalized spacial score (nSPS) is 16.6. The molecule has 1 unspecified atom stereocenters. The van der Waals surface area contributed by atoms with Crippen LogP contribution in [0.1, 0.15) is 22.2 Å². The van der Waals surface area contributed by atoms with E-state index in [4.69, 9.17) is 4.42 Å². The van der Waals surface area contributed by atoms with Crippen molar-refractivity contribution in [3.05, 3.63) is 79.6 Å². The van der Waals surface area contributed by atoms with Crippen LogP contribution in [0.25, 0.3) is 11.1 Å². The third-order valence-corrected chi connectivity index (χ3v) is 6.60. The van der Waals surface area contributed by atoms with Crippen molar-refractivity contribution in [2.24, 2.45) is 5.10 Å². The molecule has 0 fully saturated rings. The van der Waals surface area contributed by atoms with E-state index in [1.807, 2.05) is 41.1 Å². The second-order valence-electron chi connectivity index (χ2n) is 6.42. The Bertz CT molecular complexity index is 1220. The summed E-state index contributed by atoms with van der Waals surface area (Å²) < 4.78 is 6.61. The van der Waals surface area contributed by atoms with Crippen LogP contribution >= 0.6 is 22.7 Å². The number of fused-ring (bicyclic) bond motifs is 1. The first-order valence-electron chi connectivity index (χ1n) is 8.76. The summed E-state index contributed by atoms with van der Waals surface area (Å²) in [5.41, 5.74) is 1.97. The number of hydrogen-bond acceptors (Lipinski definition) is 6. The second-order valence-corrected chi connectivity index (χ2v) is 8.35. The van der Waals surface area contributed by atoms with Crippen LogP contribution in [0.2, 0.25) is 0 Å². The minimum absolute atomic E-state index is 0.112. The zero-order chi connectivity index (χ0) is 19.1. The molecule has 1 amide bonds. The number of aromatic nitrogens is 1. The Morgan fingerprint density at radius 1 is 1.11 bits per heavy atom. The molecule has 5 rings (SSSR count). The van der Waals surface area contributed by atoms with E-state index < -0.39 is 5.76 Å². The molecule has 1 aliphatic rings. The molecule has 0 saturated heterocycles. The van der Waals surface area contributed by atoms with Crippen molar-refractivity contribution in [3.8, 4) is 0 Å². The van der Waals surface area contributed by atoms with E-state index in [-0.39, 0.29) is 18.5 Å². The van der Waals surface area contributed by atoms with Crippen LogP contribution in [0.5, 0.6) is 0 Å². The molecule has 0 saturated carbocycles. The van der Waals surface area contributed by atoms with Crippen molar-refractivity contribution in [2.75, 3.05) is 0 Å². The minimum Gasteiger partial charge on any atom is -0.408 e. The average molecular weight is 409 g/mol. The molecule has 3 aromatic heterocycles. The maximum absolute atomic E-state index is 13.2. The number of nitrogens with zero attached hydrogens (tertiary/aromatic N) is 3. The van der Waals surface area contributed by atoms with Gasteiger partial charge in [-0.1, -0.05) is 24.3 Å². The lowest BCUT2D eigenvalue weighted by Gasteiger charge is -2.20. The van der Waals surface area contributed by atoms with Crippen molar-refractivity contribution in [1.82, 2.24) is 9.58 Å². The van der Waals surface area contributed by atoms with E-state index in [1.54, 1.807) is 40.9 Å². The number of carbonyl (C=O) groups excluding carboxylic acids is 1. The predicted octanol–water partition coefficient (Wildman–Crippen LogP) is 4.10. The molecule has 4 aromatic rings. The maximum Gasteiger partial charge on any atom is 0.420 e. The minimum atomic E-state index is -0.538. The standard InChI is InChI=1S/C20H15N3O3S2/c24-19(12-22-14-5-1-2-6-16(14)26-20(22)25)23-15(18-8-4-10-28-18)11-13(21-23)17-7-3-9-27-17/h1-10,15H,11-12H2. The van der Waals surface area contributed by atoms with Crippen LogP contribution in [0, 0.1) is 0 Å². The molecule has 0 bridgehead atoms. The van der Waals surface area contributed by atoms with Gasteiger partial charge in [-0.2, -0.15) is 5.10 Å². The summed E-state index contributed by atoms with van der Waals surface area (Å²) in [6, 6.07) is 14.9. The second kappa shape index (κ2) is 6.88. The number of hydrogen-bond donors (Lipinski definition) is 0. The van der Waals surface area contributed by atoms with Gasteiger partial charge in [0.1, 0.15) is 6.54 Å². The Morgan fingerprint density at radius 3 is 2.71 bits per heavy atom. The Kier molecular flexibility index (Phi) is 4.22. The Labute approximate surface area is 167 Å². The Morgan fingerprint density at radius 2 is 1.93 bits per heavy atom. The number of oxazole rings is 1. The number of carbonyl (C=O) groups is 1. The third kappa shape index (κ3) is 2.90. The first kappa shape index (κ1) is 17.2. The summed E-state index contributed by atoms with van der Waals surface area (Å²) >= 11 is 3.21. The topological polar surface area (TPSA) is 67.8 Å². The number of para-hydroxylation sites is 2. The lowest BCUT2D eigenvalue weighted by Crippen LogP contribution is -2.32. The Hall–Kier alpha value is -2.97. The van der Waals surface area contributed by atoms with E-state index in [1.165, 1.54) is 9.58 Å². The van der Waals surface area contributed by atoms with E-state index in [2.05, 4.69) is 5.10 Å². The van der Waals surface area contributed by atoms with Gasteiger partial charge in [-0.25, -0.2) is 9.80 Å². The molecule has 1 aliphatic heterocycles. The van der Waals surface area contributed by atoms with Gasteiger partial charge in [0, 0.05) is 11.3 Å². The first-order chi connectivity index (χ1) is 13.7. The SMILES string of the molecule is O=C(Cn1c(=O)oc2ccccc21)N1N=C(c2cccs2)CC1c1cccs1. The van der Waals surface area contributed by atoms with Gasteiger partial charge in [-0.05, 0) is 35.0 Å². The average Bonchev–Trinajstić information content (AvgIpc) is 3.48. The first-order valence-corrected chi connectivity index (χ1v) is 10.5. The van der Waals surface area contributed by atoms with Crippen molar-refractivity contribution in [3.63, 3.8) is 0 Å². The highest BCUT2D eigenvalue weighted by Crippen LogP contribution is 2.36. The van der Waals surface area contributed by atoms with Gasteiger partial charge in [0.25, 0.3) is 5.91 Å². The van der Waals surface area contributed by atoms with Gasteiger partial charge in [0.2, 0.25) is 0 Å². The summed E-state index contributed by atoms with van der Waals surface area (Å²) in [5.74, 6) is -0.775. The fourth-order valence-corrected chi connectivity index (χ4v) is 4.94. The number of benzene rings is 1. The molecule has 28 heavy (non-hydrogen) atoms. The largest absolute Gasteiger partial charge is 0.420 e. The molecular formula is C20H15N3O3S2. The number of amides is 1. The fraction of sp³-hybridized carbons (Fsp3) is 0.150. The van der Waals surface area contributed by atoms with Crippen LogP contribution in [-0.2, 0) is 11.3 Å².